The van der Waals surface area contributed by atoms with Crippen LogP contribution in [0, 0.1) is 17.1 Å². The van der Waals surface area contributed by atoms with E-state index < -0.39 is 51.5 Å². The lowest BCUT2D eigenvalue weighted by molar-refractivity contribution is -0.141. The van der Waals surface area contributed by atoms with Crippen LogP contribution in [0.5, 0.6) is 0 Å². The smallest absolute Gasteiger partial charge is 0.325 e. The summed E-state index contributed by atoms with van der Waals surface area (Å²) in [7, 11) is -4.28. The van der Waals surface area contributed by atoms with Crippen LogP contribution in [0.15, 0.2) is 47.4 Å². The molecule has 2 rings (SSSR count). The van der Waals surface area contributed by atoms with Crippen molar-refractivity contribution >= 4 is 15.9 Å². The molecule has 6 nitrogen and oxygen atoms in total. The maximum absolute atomic E-state index is 14.3. The molecule has 0 N–H and O–H groups in total. The summed E-state index contributed by atoms with van der Waals surface area (Å²) in [5.74, 6) is -2.22. The van der Waals surface area contributed by atoms with Crippen LogP contribution in [0.4, 0.5) is 17.6 Å². The number of nitriles is 1. The SMILES string of the molecule is CCN(CC)S(=O)(=O)c1cc(C(=O)N(Cc2ccc(C#N)cc2)CC(F)(F)F)ccc1F. The second-order valence-electron chi connectivity index (χ2n) is 6.82. The topological polar surface area (TPSA) is 81.5 Å². The molecule has 11 heteroatoms. The summed E-state index contributed by atoms with van der Waals surface area (Å²) in [6.45, 7) is 1.17. The minimum Gasteiger partial charge on any atom is -0.325 e. The van der Waals surface area contributed by atoms with Gasteiger partial charge in [0.2, 0.25) is 10.0 Å². The highest BCUT2D eigenvalue weighted by molar-refractivity contribution is 7.89. The van der Waals surface area contributed by atoms with Crippen LogP contribution in [0.2, 0.25) is 0 Å². The summed E-state index contributed by atoms with van der Waals surface area (Å²) in [4.78, 5) is 12.6. The van der Waals surface area contributed by atoms with Crippen molar-refractivity contribution < 1.29 is 30.8 Å². The van der Waals surface area contributed by atoms with E-state index in [4.69, 9.17) is 5.26 Å². The molecule has 0 radical (unpaired) electrons. The molecule has 172 valence electrons. The third-order valence-corrected chi connectivity index (χ3v) is 6.68. The van der Waals surface area contributed by atoms with Crippen molar-refractivity contribution in [3.63, 3.8) is 0 Å². The van der Waals surface area contributed by atoms with E-state index in [1.165, 1.54) is 24.3 Å². The van der Waals surface area contributed by atoms with Crippen molar-refractivity contribution in [1.82, 2.24) is 9.21 Å². The number of rotatable bonds is 8. The minimum atomic E-state index is -4.72. The molecule has 2 aromatic carbocycles. The van der Waals surface area contributed by atoms with E-state index >= 15 is 0 Å². The molecule has 0 aromatic heterocycles. The Hall–Kier alpha value is -2.97. The quantitative estimate of drug-likeness (QED) is 0.547. The Bertz CT molecular complexity index is 1110. The number of carbonyl (C=O) groups is 1. The van der Waals surface area contributed by atoms with E-state index in [0.29, 0.717) is 16.0 Å². The Labute approximate surface area is 183 Å². The predicted octanol–water partition coefficient (Wildman–Crippen LogP) is 3.93. The van der Waals surface area contributed by atoms with Crippen molar-refractivity contribution in [1.29, 1.82) is 5.26 Å². The number of alkyl halides is 3. The van der Waals surface area contributed by atoms with E-state index in [0.717, 1.165) is 22.5 Å². The number of benzene rings is 2. The number of hydrogen-bond donors (Lipinski definition) is 0. The highest BCUT2D eigenvalue weighted by Crippen LogP contribution is 2.24. The fourth-order valence-corrected chi connectivity index (χ4v) is 4.59. The molecule has 1 amide bonds. The van der Waals surface area contributed by atoms with Crippen LogP contribution in [0.1, 0.15) is 35.3 Å². The summed E-state index contributed by atoms with van der Waals surface area (Å²) >= 11 is 0. The molecular formula is C21H21F4N3O3S. The summed E-state index contributed by atoms with van der Waals surface area (Å²) < 4.78 is 80.1. The largest absolute Gasteiger partial charge is 0.406 e. The van der Waals surface area contributed by atoms with E-state index in [1.807, 2.05) is 6.07 Å². The molecular weight excluding hydrogens is 450 g/mol. The minimum absolute atomic E-state index is 0.0509. The third kappa shape index (κ3) is 6.05. The number of sulfonamides is 1. The summed E-state index contributed by atoms with van der Waals surface area (Å²) in [6, 6.07) is 9.96. The molecule has 0 heterocycles. The number of nitrogens with zero attached hydrogens (tertiary/aromatic N) is 3. The van der Waals surface area contributed by atoms with Gasteiger partial charge in [0.1, 0.15) is 17.3 Å². The van der Waals surface area contributed by atoms with Crippen LogP contribution in [-0.4, -0.2) is 49.3 Å². The van der Waals surface area contributed by atoms with Crippen molar-refractivity contribution in [2.45, 2.75) is 31.5 Å². The van der Waals surface area contributed by atoms with Gasteiger partial charge < -0.3 is 4.90 Å². The molecule has 0 saturated heterocycles. The van der Waals surface area contributed by atoms with Crippen LogP contribution in [0.25, 0.3) is 0 Å². The van der Waals surface area contributed by atoms with Crippen molar-refractivity contribution in [3.8, 4) is 6.07 Å². The van der Waals surface area contributed by atoms with Gasteiger partial charge in [-0.25, -0.2) is 12.8 Å². The fraction of sp³-hybridized carbons (Fsp3) is 0.333. The third-order valence-electron chi connectivity index (χ3n) is 4.62. The van der Waals surface area contributed by atoms with Gasteiger partial charge in [-0.2, -0.15) is 22.7 Å². The molecule has 0 spiro atoms. The summed E-state index contributed by atoms with van der Waals surface area (Å²) in [5, 5.41) is 8.84. The zero-order valence-electron chi connectivity index (χ0n) is 17.4. The Morgan fingerprint density at radius 3 is 2.16 bits per heavy atom. The average molecular weight is 471 g/mol. The van der Waals surface area contributed by atoms with Crippen LogP contribution in [-0.2, 0) is 16.6 Å². The van der Waals surface area contributed by atoms with E-state index in [2.05, 4.69) is 0 Å². The maximum Gasteiger partial charge on any atom is 0.406 e. The number of hydrogen-bond acceptors (Lipinski definition) is 4. The molecule has 0 saturated carbocycles. The first-order chi connectivity index (χ1) is 14.9. The molecule has 0 aliphatic rings. The average Bonchev–Trinajstić information content (AvgIpc) is 2.73. The van der Waals surface area contributed by atoms with Crippen molar-refractivity contribution in [2.24, 2.45) is 0 Å². The second kappa shape index (κ2) is 10.1. The highest BCUT2D eigenvalue weighted by Gasteiger charge is 2.34. The number of amides is 1. The van der Waals surface area contributed by atoms with Crippen LogP contribution < -0.4 is 0 Å². The lowest BCUT2D eigenvalue weighted by Crippen LogP contribution is -2.38. The van der Waals surface area contributed by atoms with Crippen LogP contribution in [0.3, 0.4) is 0 Å². The lowest BCUT2D eigenvalue weighted by Gasteiger charge is -2.25. The molecule has 0 aliphatic carbocycles. The molecule has 32 heavy (non-hydrogen) atoms. The summed E-state index contributed by atoms with van der Waals surface area (Å²) in [6.07, 6.45) is -4.72. The molecule has 0 unspecified atom stereocenters. The monoisotopic (exact) mass is 471 g/mol. The first kappa shape index (κ1) is 25.3. The van der Waals surface area contributed by atoms with E-state index in [9.17, 15) is 30.8 Å². The van der Waals surface area contributed by atoms with E-state index in [-0.39, 0.29) is 13.1 Å². The maximum atomic E-state index is 14.3. The first-order valence-corrected chi connectivity index (χ1v) is 11.0. The Balaban J connectivity index is 2.45. The van der Waals surface area contributed by atoms with Gasteiger partial charge >= 0.3 is 6.18 Å². The molecule has 2 aromatic rings. The molecule has 0 atom stereocenters. The van der Waals surface area contributed by atoms with E-state index in [1.54, 1.807) is 13.8 Å². The van der Waals surface area contributed by atoms with Gasteiger partial charge in [-0.1, -0.05) is 26.0 Å². The Kier molecular flexibility index (Phi) is 7.98. The van der Waals surface area contributed by atoms with Gasteiger partial charge in [-0.05, 0) is 35.9 Å². The van der Waals surface area contributed by atoms with Gasteiger partial charge in [-0.15, -0.1) is 0 Å². The van der Waals surface area contributed by atoms with Gasteiger partial charge in [0, 0.05) is 25.2 Å². The highest BCUT2D eigenvalue weighted by atomic mass is 32.2. The predicted molar refractivity (Wildman–Crippen MR) is 108 cm³/mol. The zero-order chi connectivity index (χ0) is 24.1. The summed E-state index contributed by atoms with van der Waals surface area (Å²) in [5.41, 5.74) is 0.238. The molecule has 0 bridgehead atoms. The first-order valence-electron chi connectivity index (χ1n) is 9.57. The second-order valence-corrected chi connectivity index (χ2v) is 8.73. The number of halogens is 4. The molecule has 0 aliphatic heterocycles. The van der Waals surface area contributed by atoms with Gasteiger partial charge in [-0.3, -0.25) is 4.79 Å². The molecule has 0 fully saturated rings. The normalized spacial score (nSPS) is 11.9. The zero-order valence-corrected chi connectivity index (χ0v) is 18.2. The van der Waals surface area contributed by atoms with Crippen molar-refractivity contribution in [3.05, 3.63) is 65.0 Å². The van der Waals surface area contributed by atoms with Gasteiger partial charge in [0.15, 0.2) is 0 Å². The van der Waals surface area contributed by atoms with Gasteiger partial charge in [0.05, 0.1) is 11.6 Å². The van der Waals surface area contributed by atoms with Crippen LogP contribution >= 0.6 is 0 Å². The van der Waals surface area contributed by atoms with Gasteiger partial charge in [0.25, 0.3) is 5.91 Å². The fourth-order valence-electron chi connectivity index (χ4n) is 3.04. The van der Waals surface area contributed by atoms with Crippen molar-refractivity contribution in [2.75, 3.05) is 19.6 Å². The lowest BCUT2D eigenvalue weighted by atomic mass is 10.1. The standard InChI is InChI=1S/C21H21F4N3O3S/c1-3-28(4-2)32(30,31)19-11-17(9-10-18(19)22)20(29)27(14-21(23,24)25)13-16-7-5-15(12-26)6-8-16/h5-11H,3-4,13-14H2,1-2H3. The Morgan fingerprint density at radius 1 is 1.06 bits per heavy atom. The number of carbonyl (C=O) groups excluding carboxylic acids is 1. The Morgan fingerprint density at radius 2 is 1.66 bits per heavy atom.